The highest BCUT2D eigenvalue weighted by atomic mass is 35.5. The third-order valence-electron chi connectivity index (χ3n) is 21.9. The third kappa shape index (κ3) is 30.6. The first-order valence-electron chi connectivity index (χ1n) is 45.2. The van der Waals surface area contributed by atoms with Gasteiger partial charge in [0.2, 0.25) is 35.5 Å². The highest BCUT2D eigenvalue weighted by Gasteiger charge is 2.26. The van der Waals surface area contributed by atoms with Crippen LogP contribution in [0.15, 0.2) is 243 Å². The number of pyridine rings is 4. The van der Waals surface area contributed by atoms with Crippen LogP contribution in [0.1, 0.15) is 204 Å². The van der Waals surface area contributed by atoms with Crippen LogP contribution in [-0.2, 0) is 44.9 Å². The average Bonchev–Trinajstić information content (AvgIpc) is 0.819. The maximum atomic E-state index is 15.0. The Morgan fingerprint density at radius 1 is 0.331 bits per heavy atom. The fourth-order valence-corrected chi connectivity index (χ4v) is 14.8. The Hall–Kier alpha value is -13.3. The molecule has 0 fully saturated rings. The monoisotopic (exact) mass is 1820 g/mol. The second-order valence-electron chi connectivity index (χ2n) is 34.1. The smallest absolute Gasteiger partial charge is 0.226 e. The molecule has 17 nitrogen and oxygen atoms in total. The minimum Gasteiger partial charge on any atom is -0.481 e. The molecule has 23 heteroatoms. The summed E-state index contributed by atoms with van der Waals surface area (Å²) >= 11 is 5.79. The second kappa shape index (κ2) is 50.9. The molecule has 0 aliphatic carbocycles. The first-order chi connectivity index (χ1) is 63.7. The van der Waals surface area contributed by atoms with Crippen molar-refractivity contribution in [3.63, 3.8) is 0 Å². The molecule has 4 amide bonds. The summed E-state index contributed by atoms with van der Waals surface area (Å²) in [4.78, 5) is 122. The van der Waals surface area contributed by atoms with E-state index in [0.717, 1.165) is 50.2 Å². The summed E-state index contributed by atoms with van der Waals surface area (Å²) in [5.41, 5.74) is 14.1. The number of rotatable bonds is 37. The van der Waals surface area contributed by atoms with Gasteiger partial charge in [-0.25, -0.2) is 32.5 Å². The fourth-order valence-electron chi connectivity index (χ4n) is 14.7. The van der Waals surface area contributed by atoms with Crippen molar-refractivity contribution in [2.75, 3.05) is 52.9 Å². The number of aryl methyl sites for hydroxylation is 5. The highest BCUT2D eigenvalue weighted by Crippen LogP contribution is 2.35. The summed E-state index contributed by atoms with van der Waals surface area (Å²) in [6, 6.07) is 62.2. The first kappa shape index (κ1) is 103. The molecule has 0 radical (unpaired) electrons. The molecule has 0 saturated heterocycles. The van der Waals surface area contributed by atoms with E-state index in [0.29, 0.717) is 169 Å². The Morgan fingerprint density at radius 3 is 0.857 bits per heavy atom. The van der Waals surface area contributed by atoms with Crippen molar-refractivity contribution in [3.05, 3.63) is 328 Å². The third-order valence-corrected chi connectivity index (χ3v) is 22.1. The number of benzene rings is 8. The minimum absolute atomic E-state index is 0.0152. The van der Waals surface area contributed by atoms with E-state index in [1.54, 1.807) is 169 Å². The van der Waals surface area contributed by atoms with Crippen LogP contribution in [0.25, 0.3) is 44.5 Å². The molecule has 12 aromatic rings. The van der Waals surface area contributed by atoms with Crippen molar-refractivity contribution < 1.29 is 65.0 Å². The molecule has 8 aromatic carbocycles. The van der Waals surface area contributed by atoms with Gasteiger partial charge in [-0.3, -0.25) is 43.3 Å². The van der Waals surface area contributed by atoms with Gasteiger partial charge in [-0.15, -0.1) is 0 Å². The first-order valence-corrected chi connectivity index (χ1v) is 45.6. The fraction of sp³-hybridized carbons (Fsp3) is 0.309. The number of ketones is 4. The predicted octanol–water partition coefficient (Wildman–Crippen LogP) is 25.5. The molecule has 4 aromatic heterocycles. The lowest BCUT2D eigenvalue weighted by molar-refractivity contribution is -0.119. The van der Waals surface area contributed by atoms with Crippen molar-refractivity contribution in [3.8, 4) is 50.4 Å². The molecule has 0 aliphatic heterocycles. The summed E-state index contributed by atoms with van der Waals surface area (Å²) in [6.45, 7) is 26.9. The molecule has 0 bridgehead atoms. The summed E-state index contributed by atoms with van der Waals surface area (Å²) in [5, 5.41) is 0.426. The zero-order chi connectivity index (χ0) is 96.5. The molecule has 0 spiro atoms. The number of anilines is 4. The van der Waals surface area contributed by atoms with Crippen LogP contribution in [0.3, 0.4) is 0 Å². The van der Waals surface area contributed by atoms with Crippen LogP contribution in [0.5, 0.6) is 5.88 Å². The largest absolute Gasteiger partial charge is 0.481 e. The molecule has 133 heavy (non-hydrogen) atoms. The van der Waals surface area contributed by atoms with E-state index >= 15 is 4.39 Å². The number of carbonyl (C=O) groups is 8. The van der Waals surface area contributed by atoms with E-state index in [4.69, 9.17) is 16.3 Å². The van der Waals surface area contributed by atoms with E-state index in [2.05, 4.69) is 19.9 Å². The van der Waals surface area contributed by atoms with Gasteiger partial charge in [0.1, 0.15) is 28.4 Å². The van der Waals surface area contributed by atoms with Gasteiger partial charge in [0.05, 0.1) is 29.9 Å². The van der Waals surface area contributed by atoms with Crippen LogP contribution in [0.4, 0.5) is 44.7 Å². The van der Waals surface area contributed by atoms with Gasteiger partial charge in [-0.05, 0) is 190 Å². The van der Waals surface area contributed by atoms with Gasteiger partial charge in [0, 0.05) is 136 Å². The lowest BCUT2D eigenvalue weighted by Crippen LogP contribution is -2.34. The maximum absolute atomic E-state index is 15.0. The molecular formula is C110H118ClF5N8O9. The van der Waals surface area contributed by atoms with E-state index in [1.807, 2.05) is 135 Å². The lowest BCUT2D eigenvalue weighted by Gasteiger charge is -2.25. The summed E-state index contributed by atoms with van der Waals surface area (Å²) in [5.74, 6) is -1.24. The average molecular weight is 1830 g/mol. The van der Waals surface area contributed by atoms with Crippen LogP contribution in [-0.4, -0.2) is 100.0 Å². The van der Waals surface area contributed by atoms with Crippen molar-refractivity contribution >= 4 is 81.1 Å². The molecule has 4 heterocycles. The van der Waals surface area contributed by atoms with E-state index in [1.165, 1.54) is 56.1 Å². The topological polar surface area (TPSA) is 210 Å². The van der Waals surface area contributed by atoms with Crippen LogP contribution >= 0.6 is 11.6 Å². The molecule has 0 aliphatic rings. The number of amides is 4. The number of carbonyl (C=O) groups excluding carboxylic acids is 8. The van der Waals surface area contributed by atoms with Gasteiger partial charge < -0.3 is 24.3 Å². The number of halogens is 6. The molecule has 0 saturated carbocycles. The quantitative estimate of drug-likeness (QED) is 0.0202. The van der Waals surface area contributed by atoms with Gasteiger partial charge in [0.25, 0.3) is 0 Å². The summed E-state index contributed by atoms with van der Waals surface area (Å²) < 4.78 is 78.0. The van der Waals surface area contributed by atoms with Crippen molar-refractivity contribution in [1.29, 1.82) is 0 Å². The maximum Gasteiger partial charge on any atom is 0.226 e. The number of ether oxygens (including phenoxy) is 1. The normalized spacial score (nSPS) is 10.9. The van der Waals surface area contributed by atoms with Crippen molar-refractivity contribution in [2.24, 2.45) is 23.7 Å². The number of methoxy groups -OCH3 is 1. The van der Waals surface area contributed by atoms with Crippen LogP contribution in [0, 0.1) is 59.8 Å². The SMILES string of the molecule is CCC(=O)N(CC(C)C)c1ccc(-c2ccc(C(=O)CCc3ccc(C)nc3)cc2)cc1F.CCC(=O)N(CC(C)C)c1ccc(-c2ccc(C(=O)CCc3ccc(Cl)nc3)cc2)cc1F.CCC(=O)N(CC(C)C)c1ccc(-c2ccc(C(=O)CCc3ccc(F)nc3)cc2)cc1F.CCC(=O)N(CC(C)C)c1ccc(-c2ccc(C(=O)CCc3cccnc3OC)cc2)cc1F. The minimum atomic E-state index is -0.547. The predicted molar refractivity (Wildman–Crippen MR) is 521 cm³/mol. The van der Waals surface area contributed by atoms with Crippen LogP contribution in [0.2, 0.25) is 5.15 Å². The highest BCUT2D eigenvalue weighted by molar-refractivity contribution is 6.29. The molecular weight excluding hydrogens is 1710 g/mol. The number of aromatic nitrogens is 4. The molecule has 0 N–H and O–H groups in total. The summed E-state index contributed by atoms with van der Waals surface area (Å²) in [6.07, 6.45) is 11.5. The lowest BCUT2D eigenvalue weighted by atomic mass is 9.99. The van der Waals surface area contributed by atoms with E-state index in [9.17, 15) is 55.9 Å². The van der Waals surface area contributed by atoms with Crippen molar-refractivity contribution in [1.82, 2.24) is 19.9 Å². The van der Waals surface area contributed by atoms with Gasteiger partial charge in [-0.2, -0.15) is 4.39 Å². The zero-order valence-electron chi connectivity index (χ0n) is 78.2. The molecule has 0 unspecified atom stereocenters. The Bertz CT molecular complexity index is 5490. The molecule has 694 valence electrons. The zero-order valence-corrected chi connectivity index (χ0v) is 79.0. The number of Topliss-reactive ketones (excluding diaryl/α,β-unsaturated/α-hetero) is 4. The van der Waals surface area contributed by atoms with E-state index in [-0.39, 0.29) is 82.5 Å². The Morgan fingerprint density at radius 2 is 0.609 bits per heavy atom. The number of hydrogen-bond donors (Lipinski definition) is 0. The Balaban J connectivity index is 0.000000199. The Labute approximate surface area is 783 Å². The van der Waals surface area contributed by atoms with Gasteiger partial charge >= 0.3 is 0 Å². The van der Waals surface area contributed by atoms with Crippen molar-refractivity contribution in [2.45, 2.75) is 167 Å². The van der Waals surface area contributed by atoms with Gasteiger partial charge in [0.15, 0.2) is 23.1 Å². The Kier molecular flexibility index (Phi) is 39.6. The standard InChI is InChI=1S/C28H31FN2O3.C28H31FN2O2.C27H28ClFN2O2.C27H28F2N2O2/c1-5-27(33)31(18-19(2)3)25-14-12-23(17-24(25)29)20-8-10-21(11-9-20)26(32)15-13-22-7-6-16-30-28(22)34-4;1-5-28(33)31(18-19(2)3)26-14-13-24(16-25(26)29)22-9-11-23(12-10-22)27(32)15-8-21-7-6-20(4)30-17-21;1-4-27(33)31(17-18(2)3)24-12-11-22(15-23(24)29)20-7-9-21(10-8-20)25(32)13-5-19-6-14-26(28)30-16-19;1-4-27(33)31(17-18(2)3)24-12-11-22(15-23(24)28)20-7-9-21(10-8-20)25(32)13-5-19-6-14-26(29)30-16-19/h6-12,14,16-17,19H,5,13,15,18H2,1-4H3;6-7,9-14,16-17,19H,5,8,15,18H2,1-4H3;2*6-12,14-16,18H,4-5,13,17H2,1-3H3. The second-order valence-corrected chi connectivity index (χ2v) is 34.5. The molecule has 0 atom stereocenters. The van der Waals surface area contributed by atoms with Crippen LogP contribution < -0.4 is 24.3 Å². The van der Waals surface area contributed by atoms with Gasteiger partial charge in [-0.1, -0.05) is 240 Å². The molecule has 12 rings (SSSR count). The van der Waals surface area contributed by atoms with E-state index < -0.39 is 29.2 Å². The number of nitrogens with zero attached hydrogens (tertiary/aromatic N) is 8. The summed E-state index contributed by atoms with van der Waals surface area (Å²) in [7, 11) is 1.56. The number of hydrogen-bond acceptors (Lipinski definition) is 13.